The molecule has 3 aromatic rings. The van der Waals surface area contributed by atoms with Crippen molar-refractivity contribution >= 4 is 17.2 Å². The van der Waals surface area contributed by atoms with Crippen LogP contribution in [0.3, 0.4) is 0 Å². The molecular weight excluding hydrogens is 320 g/mol. The van der Waals surface area contributed by atoms with Crippen LogP contribution < -0.4 is 0 Å². The molecule has 0 aliphatic carbocycles. The van der Waals surface area contributed by atoms with Crippen LogP contribution in [0.2, 0.25) is 0 Å². The fraction of sp³-hybridized carbons (Fsp3) is 0.222. The smallest absolute Gasteiger partial charge is 0.273 e. The normalized spacial score (nSPS) is 10.6. The van der Waals surface area contributed by atoms with Crippen LogP contribution in [0, 0.1) is 0 Å². The van der Waals surface area contributed by atoms with Gasteiger partial charge in [-0.05, 0) is 23.6 Å². The second kappa shape index (κ2) is 7.31. The third kappa shape index (κ3) is 3.65. The Morgan fingerprint density at radius 3 is 2.46 bits per heavy atom. The second-order valence-corrected chi connectivity index (χ2v) is 6.30. The van der Waals surface area contributed by atoms with Gasteiger partial charge in [-0.25, -0.2) is 15.0 Å². The van der Waals surface area contributed by atoms with Crippen LogP contribution >= 0.6 is 11.3 Å². The molecule has 1 aromatic carbocycles. The Hall–Kier alpha value is -2.60. The predicted octanol–water partition coefficient (Wildman–Crippen LogP) is 3.43. The third-order valence-electron chi connectivity index (χ3n) is 3.68. The van der Waals surface area contributed by atoms with Gasteiger partial charge in [0.05, 0.1) is 0 Å². The number of aromatic nitrogens is 3. The lowest BCUT2D eigenvalue weighted by Crippen LogP contribution is -2.26. The van der Waals surface area contributed by atoms with E-state index in [9.17, 15) is 4.79 Å². The van der Waals surface area contributed by atoms with Gasteiger partial charge < -0.3 is 4.90 Å². The minimum Gasteiger partial charge on any atom is -0.336 e. The molecule has 0 unspecified atom stereocenters. The van der Waals surface area contributed by atoms with Crippen molar-refractivity contribution in [1.82, 2.24) is 19.9 Å². The molecule has 0 saturated heterocycles. The predicted molar refractivity (Wildman–Crippen MR) is 94.8 cm³/mol. The van der Waals surface area contributed by atoms with E-state index in [2.05, 4.69) is 46.1 Å². The monoisotopic (exact) mass is 338 g/mol. The average Bonchev–Trinajstić information content (AvgIpc) is 3.12. The van der Waals surface area contributed by atoms with E-state index in [1.165, 1.54) is 16.9 Å². The number of carbonyl (C=O) groups is 1. The van der Waals surface area contributed by atoms with E-state index in [0.29, 0.717) is 23.1 Å². The lowest BCUT2D eigenvalue weighted by molar-refractivity contribution is 0.0780. The van der Waals surface area contributed by atoms with Crippen LogP contribution in [-0.2, 0) is 13.0 Å². The van der Waals surface area contributed by atoms with Crippen molar-refractivity contribution in [1.29, 1.82) is 0 Å². The number of aryl methyl sites for hydroxylation is 1. The quantitative estimate of drug-likeness (QED) is 0.715. The first-order valence-corrected chi connectivity index (χ1v) is 8.61. The van der Waals surface area contributed by atoms with Gasteiger partial charge in [-0.3, -0.25) is 4.79 Å². The summed E-state index contributed by atoms with van der Waals surface area (Å²) in [6.07, 6.45) is 4.34. The minimum absolute atomic E-state index is 0.104. The van der Waals surface area contributed by atoms with Gasteiger partial charge in [0.2, 0.25) is 0 Å². The lowest BCUT2D eigenvalue weighted by atomic mass is 10.1. The van der Waals surface area contributed by atoms with Crippen LogP contribution in [0.15, 0.2) is 48.1 Å². The van der Waals surface area contributed by atoms with Crippen molar-refractivity contribution in [3.8, 4) is 10.8 Å². The van der Waals surface area contributed by atoms with Gasteiger partial charge in [0.15, 0.2) is 10.8 Å². The van der Waals surface area contributed by atoms with Gasteiger partial charge in [-0.1, -0.05) is 31.2 Å². The molecule has 0 aliphatic heterocycles. The van der Waals surface area contributed by atoms with Crippen molar-refractivity contribution in [3.05, 3.63) is 64.9 Å². The first-order valence-electron chi connectivity index (χ1n) is 7.73. The molecule has 0 saturated carbocycles. The van der Waals surface area contributed by atoms with E-state index in [0.717, 1.165) is 12.0 Å². The summed E-state index contributed by atoms with van der Waals surface area (Å²) in [5.41, 5.74) is 2.82. The van der Waals surface area contributed by atoms with E-state index in [1.54, 1.807) is 35.8 Å². The number of amides is 1. The summed E-state index contributed by atoms with van der Waals surface area (Å²) in [4.78, 5) is 26.9. The highest BCUT2D eigenvalue weighted by atomic mass is 32.1. The first kappa shape index (κ1) is 16.3. The Morgan fingerprint density at radius 1 is 1.12 bits per heavy atom. The van der Waals surface area contributed by atoms with E-state index in [-0.39, 0.29) is 5.91 Å². The maximum Gasteiger partial charge on any atom is 0.273 e. The molecular formula is C18H18N4OS. The topological polar surface area (TPSA) is 59.0 Å². The number of hydrogen-bond donors (Lipinski definition) is 0. The summed E-state index contributed by atoms with van der Waals surface area (Å²) in [6.45, 7) is 2.68. The zero-order valence-corrected chi connectivity index (χ0v) is 14.5. The Labute approximate surface area is 145 Å². The Bertz CT molecular complexity index is 815. The summed E-state index contributed by atoms with van der Waals surface area (Å²) in [5, 5.41) is 2.41. The molecule has 1 amide bonds. The van der Waals surface area contributed by atoms with Gasteiger partial charge in [-0.2, -0.15) is 0 Å². The molecule has 0 atom stereocenters. The minimum atomic E-state index is -0.104. The Morgan fingerprint density at radius 2 is 1.79 bits per heavy atom. The van der Waals surface area contributed by atoms with E-state index >= 15 is 0 Å². The number of nitrogens with zero attached hydrogens (tertiary/aromatic N) is 4. The molecule has 122 valence electrons. The second-order valence-electron chi connectivity index (χ2n) is 5.44. The molecule has 3 rings (SSSR count). The lowest BCUT2D eigenvalue weighted by Gasteiger charge is -2.16. The zero-order valence-electron chi connectivity index (χ0n) is 13.6. The SMILES string of the molecule is CCc1ccc(CN(C)C(=O)c2csc(-c3ncccn3)n2)cc1. The Kier molecular flexibility index (Phi) is 4.96. The summed E-state index contributed by atoms with van der Waals surface area (Å²) in [6, 6.07) is 10.1. The van der Waals surface area contributed by atoms with E-state index < -0.39 is 0 Å². The summed E-state index contributed by atoms with van der Waals surface area (Å²) in [5.74, 6) is 0.437. The van der Waals surface area contributed by atoms with Crippen molar-refractivity contribution in [2.24, 2.45) is 0 Å². The highest BCUT2D eigenvalue weighted by Gasteiger charge is 2.17. The van der Waals surface area contributed by atoms with Gasteiger partial charge in [0.25, 0.3) is 5.91 Å². The van der Waals surface area contributed by atoms with Crippen molar-refractivity contribution in [2.45, 2.75) is 19.9 Å². The molecule has 6 heteroatoms. The summed E-state index contributed by atoms with van der Waals surface area (Å²) < 4.78 is 0. The largest absolute Gasteiger partial charge is 0.336 e. The Balaban J connectivity index is 1.70. The molecule has 2 heterocycles. The van der Waals surface area contributed by atoms with Crippen LogP contribution in [0.4, 0.5) is 0 Å². The number of hydrogen-bond acceptors (Lipinski definition) is 5. The number of benzene rings is 1. The fourth-order valence-electron chi connectivity index (χ4n) is 2.31. The molecule has 0 aliphatic rings. The van der Waals surface area contributed by atoms with E-state index in [4.69, 9.17) is 0 Å². The molecule has 0 fully saturated rings. The highest BCUT2D eigenvalue weighted by molar-refractivity contribution is 7.13. The molecule has 0 bridgehead atoms. The molecule has 0 radical (unpaired) electrons. The average molecular weight is 338 g/mol. The van der Waals surface area contributed by atoms with Crippen LogP contribution in [0.25, 0.3) is 10.8 Å². The van der Waals surface area contributed by atoms with Gasteiger partial charge in [0.1, 0.15) is 5.69 Å². The van der Waals surface area contributed by atoms with Gasteiger partial charge in [0, 0.05) is 31.4 Å². The standard InChI is InChI=1S/C18H18N4OS/c1-3-13-5-7-14(8-6-13)11-22(2)18(23)15-12-24-17(21-15)16-19-9-4-10-20-16/h4-10,12H,3,11H2,1-2H3. The zero-order chi connectivity index (χ0) is 16.9. The fourth-order valence-corrected chi connectivity index (χ4v) is 3.04. The molecule has 5 nitrogen and oxygen atoms in total. The van der Waals surface area contributed by atoms with Crippen LogP contribution in [-0.4, -0.2) is 32.8 Å². The number of thiazole rings is 1. The first-order chi connectivity index (χ1) is 11.7. The molecule has 2 aromatic heterocycles. The van der Waals surface area contributed by atoms with Crippen LogP contribution in [0.1, 0.15) is 28.5 Å². The van der Waals surface area contributed by atoms with E-state index in [1.807, 2.05) is 0 Å². The van der Waals surface area contributed by atoms with Crippen molar-refractivity contribution < 1.29 is 4.79 Å². The maximum absolute atomic E-state index is 12.5. The van der Waals surface area contributed by atoms with Gasteiger partial charge >= 0.3 is 0 Å². The number of carbonyl (C=O) groups excluding carboxylic acids is 1. The van der Waals surface area contributed by atoms with Crippen molar-refractivity contribution in [2.75, 3.05) is 7.05 Å². The molecule has 24 heavy (non-hydrogen) atoms. The highest BCUT2D eigenvalue weighted by Crippen LogP contribution is 2.20. The maximum atomic E-state index is 12.5. The molecule has 0 spiro atoms. The third-order valence-corrected chi connectivity index (χ3v) is 4.52. The summed E-state index contributed by atoms with van der Waals surface area (Å²) in [7, 11) is 1.79. The molecule has 0 N–H and O–H groups in total. The van der Waals surface area contributed by atoms with Gasteiger partial charge in [-0.15, -0.1) is 11.3 Å². The van der Waals surface area contributed by atoms with Crippen LogP contribution in [0.5, 0.6) is 0 Å². The number of rotatable bonds is 5. The summed E-state index contributed by atoms with van der Waals surface area (Å²) >= 11 is 1.38. The van der Waals surface area contributed by atoms with Crippen molar-refractivity contribution in [3.63, 3.8) is 0 Å².